The second kappa shape index (κ2) is 6.61. The lowest BCUT2D eigenvalue weighted by molar-refractivity contribution is 0.159. The van der Waals surface area contributed by atoms with Crippen LogP contribution in [0.2, 0.25) is 0 Å². The molecule has 2 aliphatic rings. The van der Waals surface area contributed by atoms with Gasteiger partial charge < -0.3 is 14.4 Å². The first kappa shape index (κ1) is 17.9. The number of benzene rings is 1. The number of fused-ring (bicyclic) bond motifs is 1. The zero-order chi connectivity index (χ0) is 19.2. The number of aryl methyl sites for hydroxylation is 1. The molecule has 2 aromatic rings. The van der Waals surface area contributed by atoms with Gasteiger partial charge in [0.15, 0.2) is 0 Å². The third-order valence-corrected chi connectivity index (χ3v) is 6.98. The van der Waals surface area contributed by atoms with E-state index >= 15 is 0 Å². The molecule has 0 N–H and O–H groups in total. The molecular formula is C17H20FN5O3S. The van der Waals surface area contributed by atoms with Gasteiger partial charge in [-0.25, -0.2) is 22.6 Å². The summed E-state index contributed by atoms with van der Waals surface area (Å²) < 4.78 is 42.0. The van der Waals surface area contributed by atoms with E-state index < -0.39 is 15.8 Å². The monoisotopic (exact) mass is 393 g/mol. The van der Waals surface area contributed by atoms with E-state index in [1.807, 2.05) is 17.8 Å². The van der Waals surface area contributed by atoms with Crippen molar-refractivity contribution in [3.63, 3.8) is 0 Å². The van der Waals surface area contributed by atoms with Gasteiger partial charge in [-0.3, -0.25) is 0 Å². The normalized spacial score (nSPS) is 21.0. The Kier molecular flexibility index (Phi) is 4.39. The van der Waals surface area contributed by atoms with E-state index in [2.05, 4.69) is 4.98 Å². The number of halogens is 1. The largest absolute Gasteiger partial charge is 0.337 e. The summed E-state index contributed by atoms with van der Waals surface area (Å²) in [6.07, 6.45) is 3.50. The van der Waals surface area contributed by atoms with Crippen molar-refractivity contribution in [3.8, 4) is 0 Å². The maximum atomic E-state index is 13.1. The first-order valence-corrected chi connectivity index (χ1v) is 10.1. The lowest BCUT2D eigenvalue weighted by Gasteiger charge is -2.35. The molecule has 1 aromatic heterocycles. The van der Waals surface area contributed by atoms with Gasteiger partial charge in [0.2, 0.25) is 10.0 Å². The van der Waals surface area contributed by atoms with Gasteiger partial charge in [-0.05, 0) is 24.3 Å². The maximum Gasteiger partial charge on any atom is 0.320 e. The number of hydrogen-bond acceptors (Lipinski definition) is 4. The zero-order valence-corrected chi connectivity index (χ0v) is 15.6. The Bertz CT molecular complexity index is 959. The third-order valence-electron chi connectivity index (χ3n) is 5.10. The number of amides is 2. The highest BCUT2D eigenvalue weighted by molar-refractivity contribution is 7.89. The molecule has 0 spiro atoms. The summed E-state index contributed by atoms with van der Waals surface area (Å²) in [5, 5.41) is 0. The minimum absolute atomic E-state index is 0.0616. The van der Waals surface area contributed by atoms with Crippen molar-refractivity contribution in [1.29, 1.82) is 0 Å². The Morgan fingerprint density at radius 3 is 2.59 bits per heavy atom. The molecule has 27 heavy (non-hydrogen) atoms. The molecule has 0 aliphatic carbocycles. The summed E-state index contributed by atoms with van der Waals surface area (Å²) in [5.74, 6) is 0.295. The van der Waals surface area contributed by atoms with E-state index in [1.54, 1.807) is 16.0 Å². The van der Waals surface area contributed by atoms with Crippen molar-refractivity contribution in [2.75, 3.05) is 26.2 Å². The first-order chi connectivity index (χ1) is 12.9. The summed E-state index contributed by atoms with van der Waals surface area (Å²) in [4.78, 5) is 20.4. The number of sulfonamides is 1. The Morgan fingerprint density at radius 2 is 1.93 bits per heavy atom. The number of rotatable bonds is 4. The predicted molar refractivity (Wildman–Crippen MR) is 94.7 cm³/mol. The first-order valence-electron chi connectivity index (χ1n) is 8.64. The number of imidazole rings is 1. The number of urea groups is 1. The maximum absolute atomic E-state index is 13.1. The van der Waals surface area contributed by atoms with Gasteiger partial charge in [0.1, 0.15) is 11.6 Å². The summed E-state index contributed by atoms with van der Waals surface area (Å²) in [5.41, 5.74) is 0. The van der Waals surface area contributed by atoms with Crippen LogP contribution < -0.4 is 0 Å². The molecule has 144 valence electrons. The van der Waals surface area contributed by atoms with Crippen molar-refractivity contribution in [3.05, 3.63) is 48.3 Å². The lowest BCUT2D eigenvalue weighted by atomic mass is 10.2. The number of nitrogens with zero attached hydrogens (tertiary/aromatic N) is 5. The van der Waals surface area contributed by atoms with Crippen LogP contribution in [0.5, 0.6) is 0 Å². The molecule has 1 atom stereocenters. The fourth-order valence-corrected chi connectivity index (χ4v) is 5.04. The van der Waals surface area contributed by atoms with Gasteiger partial charge in [-0.15, -0.1) is 0 Å². The van der Waals surface area contributed by atoms with E-state index in [-0.39, 0.29) is 30.1 Å². The molecule has 8 nitrogen and oxygen atoms in total. The van der Waals surface area contributed by atoms with Crippen molar-refractivity contribution < 1.29 is 17.6 Å². The van der Waals surface area contributed by atoms with Gasteiger partial charge in [-0.2, -0.15) is 4.31 Å². The van der Waals surface area contributed by atoms with Crippen molar-refractivity contribution >= 4 is 16.1 Å². The quantitative estimate of drug-likeness (QED) is 0.772. The fourth-order valence-electron chi connectivity index (χ4n) is 3.57. The highest BCUT2D eigenvalue weighted by atomic mass is 32.2. The molecule has 2 saturated heterocycles. The highest BCUT2D eigenvalue weighted by Crippen LogP contribution is 2.26. The third kappa shape index (κ3) is 3.19. The predicted octanol–water partition coefficient (Wildman–Crippen LogP) is 0.870. The molecule has 2 amide bonds. The average Bonchev–Trinajstić information content (AvgIpc) is 3.19. The van der Waals surface area contributed by atoms with Crippen LogP contribution in [0, 0.1) is 5.82 Å². The standard InChI is InChI=1S/C17H20FN5O3S/c1-20-7-6-19-16(20)12-21-10-14-11-22(8-9-23(14)17(21)24)27(25,26)15-4-2-13(18)3-5-15/h2-7,14H,8-12H2,1H3/t14-/m0/s1. The van der Waals surface area contributed by atoms with E-state index in [4.69, 9.17) is 0 Å². The van der Waals surface area contributed by atoms with Crippen molar-refractivity contribution in [2.45, 2.75) is 17.5 Å². The van der Waals surface area contributed by atoms with Gasteiger partial charge in [-0.1, -0.05) is 0 Å². The van der Waals surface area contributed by atoms with Gasteiger partial charge in [0, 0.05) is 45.6 Å². The smallest absolute Gasteiger partial charge is 0.320 e. The van der Waals surface area contributed by atoms with Crippen LogP contribution in [0.1, 0.15) is 5.82 Å². The molecule has 0 bridgehead atoms. The van der Waals surface area contributed by atoms with E-state index in [9.17, 15) is 17.6 Å². The molecular weight excluding hydrogens is 373 g/mol. The molecule has 4 rings (SSSR count). The second-order valence-electron chi connectivity index (χ2n) is 6.78. The van der Waals surface area contributed by atoms with E-state index in [0.717, 1.165) is 18.0 Å². The van der Waals surface area contributed by atoms with Gasteiger partial charge in [0.05, 0.1) is 17.5 Å². The van der Waals surface area contributed by atoms with Crippen LogP contribution in [0.3, 0.4) is 0 Å². The van der Waals surface area contributed by atoms with Crippen LogP contribution in [0.4, 0.5) is 9.18 Å². The fraction of sp³-hybridized carbons (Fsp3) is 0.412. The number of aromatic nitrogens is 2. The number of hydrogen-bond donors (Lipinski definition) is 0. The number of carbonyl (C=O) groups is 1. The molecule has 2 aliphatic heterocycles. The summed E-state index contributed by atoms with van der Waals surface area (Å²) >= 11 is 0. The van der Waals surface area contributed by atoms with Gasteiger partial charge in [0.25, 0.3) is 0 Å². The average molecular weight is 393 g/mol. The topological polar surface area (TPSA) is 78.8 Å². The Balaban J connectivity index is 1.49. The lowest BCUT2D eigenvalue weighted by Crippen LogP contribution is -2.53. The Hall–Kier alpha value is -2.46. The summed E-state index contributed by atoms with van der Waals surface area (Å²) in [6, 6.07) is 4.51. The van der Waals surface area contributed by atoms with Crippen LogP contribution >= 0.6 is 0 Å². The van der Waals surface area contributed by atoms with Crippen LogP contribution in [0.25, 0.3) is 0 Å². The SMILES string of the molecule is Cn1ccnc1CN1C[C@H]2CN(S(=O)(=O)c3ccc(F)cc3)CCN2C1=O. The van der Waals surface area contributed by atoms with E-state index in [0.29, 0.717) is 19.6 Å². The van der Waals surface area contributed by atoms with Gasteiger partial charge >= 0.3 is 6.03 Å². The van der Waals surface area contributed by atoms with Crippen LogP contribution in [-0.2, 0) is 23.6 Å². The van der Waals surface area contributed by atoms with Crippen LogP contribution in [0.15, 0.2) is 41.6 Å². The van der Waals surface area contributed by atoms with Crippen LogP contribution in [-0.4, -0.2) is 70.3 Å². The van der Waals surface area contributed by atoms with E-state index in [1.165, 1.54) is 16.4 Å². The second-order valence-corrected chi connectivity index (χ2v) is 8.72. The van der Waals surface area contributed by atoms with Crippen molar-refractivity contribution in [2.24, 2.45) is 7.05 Å². The Morgan fingerprint density at radius 1 is 1.19 bits per heavy atom. The zero-order valence-electron chi connectivity index (χ0n) is 14.8. The minimum atomic E-state index is -3.72. The molecule has 2 fully saturated rings. The summed E-state index contributed by atoms with van der Waals surface area (Å²) in [6.45, 7) is 1.61. The molecule has 1 aromatic carbocycles. The number of carbonyl (C=O) groups excluding carboxylic acids is 1. The number of piperazine rings is 1. The highest BCUT2D eigenvalue weighted by Gasteiger charge is 2.43. The summed E-state index contributed by atoms with van der Waals surface area (Å²) in [7, 11) is -1.85. The molecule has 0 saturated carbocycles. The Labute approximate surface area is 156 Å². The minimum Gasteiger partial charge on any atom is -0.337 e. The molecule has 10 heteroatoms. The molecule has 0 radical (unpaired) electrons. The molecule has 3 heterocycles. The van der Waals surface area contributed by atoms with Crippen molar-refractivity contribution in [1.82, 2.24) is 23.7 Å². The molecule has 0 unspecified atom stereocenters.